The lowest BCUT2D eigenvalue weighted by atomic mass is 9.91. The number of thiazole rings is 1. The van der Waals surface area contributed by atoms with Crippen molar-refractivity contribution >= 4 is 34.1 Å². The third-order valence-corrected chi connectivity index (χ3v) is 7.06. The van der Waals surface area contributed by atoms with E-state index < -0.39 is 41.3 Å². The first-order valence-electron chi connectivity index (χ1n) is 11.9. The van der Waals surface area contributed by atoms with Gasteiger partial charge in [-0.2, -0.15) is 26.3 Å². The fraction of sp³-hybridized carbons (Fsp3) is 0.320. The zero-order valence-electron chi connectivity index (χ0n) is 20.9. The van der Waals surface area contributed by atoms with Gasteiger partial charge >= 0.3 is 18.4 Å². The molecule has 2 aromatic carbocycles. The monoisotopic (exact) mass is 605 g/mol. The molecule has 0 bridgehead atoms. The Morgan fingerprint density at radius 2 is 1.56 bits per heavy atom. The highest BCUT2D eigenvalue weighted by Gasteiger charge is 2.71. The molecule has 3 aromatic rings. The summed E-state index contributed by atoms with van der Waals surface area (Å²) in [6.45, 7) is 1.31. The van der Waals surface area contributed by atoms with Crippen LogP contribution in [0, 0.1) is 5.82 Å². The molecule has 1 fully saturated rings. The van der Waals surface area contributed by atoms with E-state index in [9.17, 15) is 45.4 Å². The molecule has 4 rings (SSSR count). The van der Waals surface area contributed by atoms with Crippen LogP contribution in [0.25, 0.3) is 0 Å². The lowest BCUT2D eigenvalue weighted by molar-refractivity contribution is -0.376. The number of carbonyl (C=O) groups excluding carboxylic acids is 2. The van der Waals surface area contributed by atoms with Crippen molar-refractivity contribution in [2.45, 2.75) is 24.5 Å². The quantitative estimate of drug-likeness (QED) is 0.336. The summed E-state index contributed by atoms with van der Waals surface area (Å²) >= 11 is 1.18. The van der Waals surface area contributed by atoms with E-state index in [4.69, 9.17) is 0 Å². The number of alkyl halides is 6. The van der Waals surface area contributed by atoms with Crippen LogP contribution in [-0.4, -0.2) is 70.4 Å². The summed E-state index contributed by atoms with van der Waals surface area (Å²) in [5, 5.41) is 16.3. The molecule has 0 atom stereocenters. The minimum absolute atomic E-state index is 0.0548. The topological polar surface area (TPSA) is 97.8 Å². The van der Waals surface area contributed by atoms with Crippen LogP contribution >= 0.6 is 11.3 Å². The summed E-state index contributed by atoms with van der Waals surface area (Å²) in [6.07, 6.45) is -10.4. The second-order valence-electron chi connectivity index (χ2n) is 9.08. The molecule has 16 heteroatoms. The van der Waals surface area contributed by atoms with Gasteiger partial charge in [-0.3, -0.25) is 15.0 Å². The number of amides is 3. The lowest BCUT2D eigenvalue weighted by Crippen LogP contribution is -2.53. The summed E-state index contributed by atoms with van der Waals surface area (Å²) in [5.41, 5.74) is -6.02. The normalized spacial score (nSPS) is 15.1. The van der Waals surface area contributed by atoms with E-state index in [2.05, 4.69) is 15.6 Å². The van der Waals surface area contributed by atoms with Crippen LogP contribution < -0.4 is 10.6 Å². The Hall–Kier alpha value is -3.76. The van der Waals surface area contributed by atoms with E-state index in [1.807, 2.05) is 4.90 Å². The highest BCUT2D eigenvalue weighted by atomic mass is 32.1. The molecule has 41 heavy (non-hydrogen) atoms. The number of aromatic nitrogens is 1. The molecule has 3 N–H and O–H groups in total. The number of nitrogens with zero attached hydrogens (tertiary/aromatic N) is 3. The van der Waals surface area contributed by atoms with E-state index in [0.717, 1.165) is 18.2 Å². The maximum Gasteiger partial charge on any atom is 0.430 e. The van der Waals surface area contributed by atoms with Gasteiger partial charge in [0.2, 0.25) is 0 Å². The van der Waals surface area contributed by atoms with Gasteiger partial charge < -0.3 is 15.3 Å². The number of urea groups is 1. The Bertz CT molecular complexity index is 1360. The van der Waals surface area contributed by atoms with Crippen LogP contribution in [-0.2, 0) is 12.1 Å². The Morgan fingerprint density at radius 3 is 2.10 bits per heavy atom. The average Bonchev–Trinajstić information content (AvgIpc) is 3.41. The number of nitrogens with one attached hydrogen (secondary N) is 2. The van der Waals surface area contributed by atoms with Gasteiger partial charge in [0.25, 0.3) is 11.5 Å². The van der Waals surface area contributed by atoms with Gasteiger partial charge in [0.1, 0.15) is 5.82 Å². The first-order chi connectivity index (χ1) is 19.2. The number of rotatable bonds is 6. The van der Waals surface area contributed by atoms with E-state index in [1.54, 1.807) is 5.38 Å². The van der Waals surface area contributed by atoms with Gasteiger partial charge in [-0.05, 0) is 23.8 Å². The molecule has 220 valence electrons. The molecular weight excluding hydrogens is 583 g/mol. The van der Waals surface area contributed by atoms with Crippen molar-refractivity contribution in [2.75, 3.05) is 36.8 Å². The van der Waals surface area contributed by atoms with E-state index >= 15 is 0 Å². The summed E-state index contributed by atoms with van der Waals surface area (Å²) in [5.74, 6) is -1.28. The molecule has 0 radical (unpaired) electrons. The number of halogens is 7. The zero-order chi connectivity index (χ0) is 30.0. The standard InChI is InChI=1S/C25H22F7N5O3S/c26-18-13-16(3-6-19(18)34-21(39)35-22-33-7-12-41-22)20(38)37-10-8-36(9-11-37)14-15-1-4-17(5-2-15)23(40,24(27,28)29)25(30,31)32/h1-7,12-13,40H,8-11,14H2,(H2,33,34,35,39). The van der Waals surface area contributed by atoms with Gasteiger partial charge in [0, 0.05) is 55.4 Å². The van der Waals surface area contributed by atoms with Crippen molar-refractivity contribution < 1.29 is 45.4 Å². The van der Waals surface area contributed by atoms with E-state index in [1.165, 1.54) is 34.6 Å². The number of hydrogen-bond donors (Lipinski definition) is 3. The molecule has 1 saturated heterocycles. The molecule has 0 unspecified atom stereocenters. The summed E-state index contributed by atoms with van der Waals surface area (Å²) < 4.78 is 93.1. The molecule has 1 aliphatic heterocycles. The summed E-state index contributed by atoms with van der Waals surface area (Å²) in [7, 11) is 0. The first-order valence-corrected chi connectivity index (χ1v) is 12.8. The maximum atomic E-state index is 14.6. The third-order valence-electron chi connectivity index (χ3n) is 6.37. The molecule has 8 nitrogen and oxygen atoms in total. The van der Waals surface area contributed by atoms with Crippen LogP contribution in [0.1, 0.15) is 21.5 Å². The van der Waals surface area contributed by atoms with Crippen LogP contribution in [0.3, 0.4) is 0 Å². The molecule has 0 saturated carbocycles. The molecule has 3 amide bonds. The van der Waals surface area contributed by atoms with Crippen molar-refractivity contribution in [3.63, 3.8) is 0 Å². The largest absolute Gasteiger partial charge is 0.430 e. The van der Waals surface area contributed by atoms with Gasteiger partial charge in [-0.25, -0.2) is 14.2 Å². The van der Waals surface area contributed by atoms with Crippen molar-refractivity contribution in [2.24, 2.45) is 0 Å². The van der Waals surface area contributed by atoms with Crippen LogP contribution in [0.4, 0.5) is 46.3 Å². The van der Waals surface area contributed by atoms with Crippen LogP contribution in [0.15, 0.2) is 54.0 Å². The average molecular weight is 606 g/mol. The number of aliphatic hydroxyl groups is 1. The number of piperazine rings is 1. The van der Waals surface area contributed by atoms with Gasteiger partial charge in [-0.15, -0.1) is 11.3 Å². The highest BCUT2D eigenvalue weighted by Crippen LogP contribution is 2.50. The van der Waals surface area contributed by atoms with Crippen LogP contribution in [0.2, 0.25) is 0 Å². The molecule has 2 heterocycles. The SMILES string of the molecule is O=C(Nc1nccs1)Nc1ccc(C(=O)N2CCN(Cc3ccc(C(O)(C(F)(F)F)C(F)(F)F)cc3)CC2)cc1F. The van der Waals surface area contributed by atoms with Crippen LogP contribution in [0.5, 0.6) is 0 Å². The van der Waals surface area contributed by atoms with E-state index in [-0.39, 0.29) is 30.9 Å². The first kappa shape index (κ1) is 30.2. The number of hydrogen-bond acceptors (Lipinski definition) is 6. The fourth-order valence-electron chi connectivity index (χ4n) is 4.17. The smallest absolute Gasteiger partial charge is 0.369 e. The predicted octanol–water partition coefficient (Wildman–Crippen LogP) is 5.20. The second kappa shape index (κ2) is 11.6. The predicted molar refractivity (Wildman–Crippen MR) is 135 cm³/mol. The zero-order valence-corrected chi connectivity index (χ0v) is 21.7. The van der Waals surface area contributed by atoms with Gasteiger partial charge in [-0.1, -0.05) is 24.3 Å². The Balaban J connectivity index is 1.32. The van der Waals surface area contributed by atoms with Gasteiger partial charge in [0.05, 0.1) is 5.69 Å². The number of carbonyl (C=O) groups is 2. The Kier molecular flexibility index (Phi) is 8.56. The molecule has 1 aromatic heterocycles. The fourth-order valence-corrected chi connectivity index (χ4v) is 4.70. The number of anilines is 2. The molecule has 0 spiro atoms. The Labute approximate surface area is 232 Å². The van der Waals surface area contributed by atoms with Crippen molar-refractivity contribution in [3.8, 4) is 0 Å². The molecule has 0 aliphatic carbocycles. The lowest BCUT2D eigenvalue weighted by Gasteiger charge is -2.35. The van der Waals surface area contributed by atoms with E-state index in [0.29, 0.717) is 35.9 Å². The van der Waals surface area contributed by atoms with Crippen molar-refractivity contribution in [1.29, 1.82) is 0 Å². The molecular formula is C25H22F7N5O3S. The minimum Gasteiger partial charge on any atom is -0.369 e. The second-order valence-corrected chi connectivity index (χ2v) is 9.98. The number of benzene rings is 2. The van der Waals surface area contributed by atoms with Gasteiger partial charge in [0.15, 0.2) is 5.13 Å². The molecule has 1 aliphatic rings. The summed E-state index contributed by atoms with van der Waals surface area (Å²) in [4.78, 5) is 32.1. The van der Waals surface area contributed by atoms with Crippen molar-refractivity contribution in [1.82, 2.24) is 14.8 Å². The maximum absolute atomic E-state index is 14.6. The van der Waals surface area contributed by atoms with Crippen molar-refractivity contribution in [3.05, 3.63) is 76.5 Å². The summed E-state index contributed by atoms with van der Waals surface area (Å²) in [6, 6.07) is 6.23. The minimum atomic E-state index is -5.97. The Morgan fingerprint density at radius 1 is 0.927 bits per heavy atom. The highest BCUT2D eigenvalue weighted by molar-refractivity contribution is 7.13. The third kappa shape index (κ3) is 6.60.